The Hall–Kier alpha value is -4.56. The van der Waals surface area contributed by atoms with Crippen LogP contribution in [0.25, 0.3) is 0 Å². The van der Waals surface area contributed by atoms with E-state index in [0.717, 1.165) is 27.0 Å². The molecule has 5 aromatic rings. The van der Waals surface area contributed by atoms with Crippen molar-refractivity contribution in [3.63, 3.8) is 0 Å². The summed E-state index contributed by atoms with van der Waals surface area (Å²) < 4.78 is 43.1. The molecule has 1 amide bonds. The number of hydrogen-bond donors (Lipinski definition) is 3. The molecule has 1 saturated heterocycles. The van der Waals surface area contributed by atoms with E-state index in [1.54, 1.807) is 42.5 Å². The molecule has 6 rings (SSSR count). The van der Waals surface area contributed by atoms with E-state index in [0.29, 0.717) is 28.5 Å². The highest BCUT2D eigenvalue weighted by atomic mass is 32.2. The van der Waals surface area contributed by atoms with Gasteiger partial charge in [-0.15, -0.1) is 0 Å². The van der Waals surface area contributed by atoms with Crippen LogP contribution in [0.3, 0.4) is 0 Å². The van der Waals surface area contributed by atoms with E-state index >= 15 is 0 Å². The minimum atomic E-state index is -4.02. The van der Waals surface area contributed by atoms with Crippen LogP contribution < -0.4 is 14.8 Å². The van der Waals surface area contributed by atoms with Gasteiger partial charge in [0.15, 0.2) is 12.5 Å². The Morgan fingerprint density at radius 1 is 0.902 bits per heavy atom. The van der Waals surface area contributed by atoms with E-state index < -0.39 is 28.3 Å². The number of carbonyl (C=O) groups excluding carboxylic acids is 1. The quantitative estimate of drug-likeness (QED) is 0.0765. The van der Waals surface area contributed by atoms with Crippen molar-refractivity contribution in [1.29, 1.82) is 0 Å². The van der Waals surface area contributed by atoms with Crippen LogP contribution in [0.15, 0.2) is 137 Å². The molecule has 2 heterocycles. The number of nitrogens with one attached hydrogen (secondary N) is 2. The molecular formula is C39H39N3O7S2. The van der Waals surface area contributed by atoms with Crippen LogP contribution in [0.1, 0.15) is 46.6 Å². The van der Waals surface area contributed by atoms with Gasteiger partial charge in [0, 0.05) is 35.6 Å². The lowest BCUT2D eigenvalue weighted by Gasteiger charge is -2.36. The van der Waals surface area contributed by atoms with Crippen molar-refractivity contribution < 1.29 is 32.5 Å². The number of aromatic nitrogens is 1. The lowest BCUT2D eigenvalue weighted by Crippen LogP contribution is -2.45. The predicted molar refractivity (Wildman–Crippen MR) is 195 cm³/mol. The summed E-state index contributed by atoms with van der Waals surface area (Å²) in [5.74, 6) is -0.0298. The normalized spacial score (nSPS) is 18.2. The lowest BCUT2D eigenvalue weighted by molar-refractivity contribution is -0.645. The number of amides is 1. The maximum Gasteiger partial charge on any atom is 0.251 e. The Balaban J connectivity index is 1.22. The Bertz CT molecular complexity index is 2030. The molecule has 0 aliphatic carbocycles. The summed E-state index contributed by atoms with van der Waals surface area (Å²) in [5.41, 5.74) is 4.51. The van der Waals surface area contributed by atoms with Crippen LogP contribution >= 0.6 is 11.8 Å². The summed E-state index contributed by atoms with van der Waals surface area (Å²) in [6.45, 7) is 1.80. The number of sulfonamides is 1. The summed E-state index contributed by atoms with van der Waals surface area (Å²) in [6.07, 6.45) is 0.681. The SMILES string of the molecule is Cc1ccc(S(=O)(=O)N[C@H](Cc2ccccc2)C(=O)Nc2cccc([C@H]3O[C@@H](CSc4cccc[n+]4[O-])C[C@@H](c4ccc(CO)cc4)O3)c2)cc1. The Morgan fingerprint density at radius 3 is 2.37 bits per heavy atom. The van der Waals surface area contributed by atoms with Crippen LogP contribution in [0.5, 0.6) is 0 Å². The van der Waals surface area contributed by atoms with Crippen molar-refractivity contribution in [2.75, 3.05) is 11.1 Å². The van der Waals surface area contributed by atoms with Gasteiger partial charge in [-0.2, -0.15) is 9.45 Å². The van der Waals surface area contributed by atoms with Crippen LogP contribution in [0, 0.1) is 12.1 Å². The largest absolute Gasteiger partial charge is 0.618 e. The number of hydrogen-bond acceptors (Lipinski definition) is 8. The molecule has 0 radical (unpaired) electrons. The number of nitrogens with zero attached hydrogens (tertiary/aromatic N) is 1. The fourth-order valence-electron chi connectivity index (χ4n) is 5.73. The second-order valence-electron chi connectivity index (χ2n) is 12.3. The van der Waals surface area contributed by atoms with Crippen molar-refractivity contribution in [1.82, 2.24) is 4.72 Å². The number of anilines is 1. The number of aliphatic hydroxyl groups is 1. The number of pyridine rings is 1. The number of aryl methyl sites for hydroxylation is 1. The molecule has 4 atom stereocenters. The third-order valence-corrected chi connectivity index (χ3v) is 11.1. The second kappa shape index (κ2) is 16.6. The Morgan fingerprint density at radius 2 is 1.65 bits per heavy atom. The number of benzene rings is 4. The molecule has 3 N–H and O–H groups in total. The number of ether oxygens (including phenoxy) is 2. The molecule has 1 fully saturated rings. The molecule has 10 nitrogen and oxygen atoms in total. The molecule has 0 unspecified atom stereocenters. The minimum Gasteiger partial charge on any atom is -0.618 e. The highest BCUT2D eigenvalue weighted by Crippen LogP contribution is 2.39. The molecule has 4 aromatic carbocycles. The number of rotatable bonds is 13. The zero-order chi connectivity index (χ0) is 35.8. The third kappa shape index (κ3) is 9.61. The van der Waals surface area contributed by atoms with Gasteiger partial charge in [0.1, 0.15) is 6.04 Å². The molecule has 51 heavy (non-hydrogen) atoms. The number of carbonyl (C=O) groups is 1. The van der Waals surface area contributed by atoms with Crippen molar-refractivity contribution in [3.05, 3.63) is 161 Å². The fraction of sp³-hybridized carbons (Fsp3) is 0.231. The van der Waals surface area contributed by atoms with E-state index in [9.17, 15) is 23.5 Å². The Labute approximate surface area is 302 Å². The van der Waals surface area contributed by atoms with Gasteiger partial charge in [-0.3, -0.25) is 4.79 Å². The van der Waals surface area contributed by atoms with E-state index in [1.165, 1.54) is 30.1 Å². The summed E-state index contributed by atoms with van der Waals surface area (Å²) in [4.78, 5) is 13.9. The monoisotopic (exact) mass is 725 g/mol. The topological polar surface area (TPSA) is 141 Å². The summed E-state index contributed by atoms with van der Waals surface area (Å²) >= 11 is 1.40. The van der Waals surface area contributed by atoms with Crippen molar-refractivity contribution in [3.8, 4) is 0 Å². The van der Waals surface area contributed by atoms with Gasteiger partial charge in [0.25, 0.3) is 5.03 Å². The fourth-order valence-corrected chi connectivity index (χ4v) is 7.86. The molecule has 12 heteroatoms. The average Bonchev–Trinajstić information content (AvgIpc) is 3.15. The minimum absolute atomic E-state index is 0.0677. The molecule has 0 spiro atoms. The first-order valence-electron chi connectivity index (χ1n) is 16.5. The summed E-state index contributed by atoms with van der Waals surface area (Å²) in [7, 11) is -4.02. The average molecular weight is 726 g/mol. The van der Waals surface area contributed by atoms with Crippen LogP contribution in [0.2, 0.25) is 0 Å². The number of aliphatic hydroxyl groups excluding tert-OH is 1. The second-order valence-corrected chi connectivity index (χ2v) is 15.1. The van der Waals surface area contributed by atoms with Crippen molar-refractivity contribution in [2.45, 2.75) is 60.8 Å². The highest BCUT2D eigenvalue weighted by Gasteiger charge is 2.33. The maximum absolute atomic E-state index is 13.8. The highest BCUT2D eigenvalue weighted by molar-refractivity contribution is 7.99. The van der Waals surface area contributed by atoms with Gasteiger partial charge >= 0.3 is 0 Å². The maximum atomic E-state index is 13.8. The first-order valence-corrected chi connectivity index (χ1v) is 19.0. The molecule has 264 valence electrons. The molecule has 1 aromatic heterocycles. The van der Waals surface area contributed by atoms with E-state index in [2.05, 4.69) is 10.0 Å². The third-order valence-electron chi connectivity index (χ3n) is 8.47. The summed E-state index contributed by atoms with van der Waals surface area (Å²) in [5, 5.41) is 25.3. The standard InChI is InChI=1S/C39H39N3O7S2/c1-27-13-19-34(20-14-27)51(46,47)41-35(22-28-8-3-2-4-9-28)38(44)40-32-11-7-10-31(23-32)39-48-33(26-50-37-12-5-6-21-42(37)45)24-36(49-39)30-17-15-29(25-43)16-18-30/h2-21,23,33,35-36,39,41,43H,22,24-26H2,1H3,(H,40,44)/t33-,35-,36+,39+/m1/s1. The zero-order valence-corrected chi connectivity index (χ0v) is 29.6. The zero-order valence-electron chi connectivity index (χ0n) is 27.9. The number of thioether (sulfide) groups is 1. The first-order chi connectivity index (χ1) is 24.7. The summed E-state index contributed by atoms with van der Waals surface area (Å²) in [6, 6.07) is 34.4. The molecule has 0 bridgehead atoms. The van der Waals surface area contributed by atoms with E-state index in [4.69, 9.17) is 9.47 Å². The molecular weight excluding hydrogens is 687 g/mol. The lowest BCUT2D eigenvalue weighted by atomic mass is 10.0. The van der Waals surface area contributed by atoms with E-state index in [-0.39, 0.29) is 30.1 Å². The van der Waals surface area contributed by atoms with Gasteiger partial charge < -0.3 is 25.1 Å². The van der Waals surface area contributed by atoms with Crippen LogP contribution in [-0.4, -0.2) is 37.3 Å². The van der Waals surface area contributed by atoms with Gasteiger partial charge in [-0.05, 0) is 60.4 Å². The van der Waals surface area contributed by atoms with Crippen molar-refractivity contribution in [2.24, 2.45) is 0 Å². The predicted octanol–water partition coefficient (Wildman–Crippen LogP) is 5.99. The van der Waals surface area contributed by atoms with Gasteiger partial charge in [0.05, 0.1) is 23.7 Å². The molecule has 0 saturated carbocycles. The van der Waals surface area contributed by atoms with Gasteiger partial charge in [-0.25, -0.2) is 8.42 Å². The molecule has 1 aliphatic heterocycles. The van der Waals surface area contributed by atoms with Gasteiger partial charge in [-0.1, -0.05) is 96.2 Å². The molecule has 1 aliphatic rings. The van der Waals surface area contributed by atoms with Crippen molar-refractivity contribution >= 4 is 33.4 Å². The van der Waals surface area contributed by atoms with Crippen LogP contribution in [-0.2, 0) is 37.3 Å². The van der Waals surface area contributed by atoms with Crippen LogP contribution in [0.4, 0.5) is 5.69 Å². The van der Waals surface area contributed by atoms with E-state index in [1.807, 2.05) is 73.7 Å². The Kier molecular flexibility index (Phi) is 11.8. The first kappa shape index (κ1) is 36.2. The van der Waals surface area contributed by atoms with Gasteiger partial charge in [0.2, 0.25) is 15.9 Å². The smallest absolute Gasteiger partial charge is 0.251 e.